The molecule has 3 aromatic rings. The normalized spacial score (nSPS) is 12.4. The first-order valence-corrected chi connectivity index (χ1v) is 8.37. The van der Waals surface area contributed by atoms with Crippen molar-refractivity contribution in [2.75, 3.05) is 0 Å². The van der Waals surface area contributed by atoms with Gasteiger partial charge in [-0.25, -0.2) is 4.85 Å². The summed E-state index contributed by atoms with van der Waals surface area (Å²) < 4.78 is 17.0. The van der Waals surface area contributed by atoms with Gasteiger partial charge in [-0.05, 0) is 47.4 Å². The Bertz CT molecular complexity index is 1000. The molecule has 1 aromatic heterocycles. The van der Waals surface area contributed by atoms with Crippen molar-refractivity contribution < 1.29 is 19.2 Å². The molecule has 6 nitrogen and oxygen atoms in total. The first-order valence-electron chi connectivity index (χ1n) is 8.37. The Labute approximate surface area is 156 Å². The van der Waals surface area contributed by atoms with E-state index < -0.39 is 7.12 Å². The second kappa shape index (κ2) is 7.50. The van der Waals surface area contributed by atoms with Gasteiger partial charge < -0.3 is 19.2 Å². The van der Waals surface area contributed by atoms with Gasteiger partial charge in [-0.1, -0.05) is 18.2 Å². The van der Waals surface area contributed by atoms with Crippen LogP contribution >= 0.6 is 0 Å². The highest BCUT2D eigenvalue weighted by Gasteiger charge is 2.27. The van der Waals surface area contributed by atoms with Crippen LogP contribution in [-0.4, -0.2) is 17.1 Å². The summed E-state index contributed by atoms with van der Waals surface area (Å²) in [6.07, 6.45) is 1.70. The quantitative estimate of drug-likeness (QED) is 0.561. The fraction of sp³-hybridized carbons (Fsp3) is 0.100. The molecule has 0 saturated heterocycles. The van der Waals surface area contributed by atoms with Crippen molar-refractivity contribution in [2.45, 2.75) is 13.2 Å². The lowest BCUT2D eigenvalue weighted by atomic mass is 9.80. The largest absolute Gasteiger partial charge is 0.491 e. The molecule has 0 radical (unpaired) electrons. The van der Waals surface area contributed by atoms with E-state index in [0.717, 1.165) is 16.7 Å². The van der Waals surface area contributed by atoms with Crippen LogP contribution in [0.3, 0.4) is 0 Å². The molecule has 1 aliphatic rings. The van der Waals surface area contributed by atoms with E-state index in [2.05, 4.69) is 9.83 Å². The Balaban J connectivity index is 1.58. The van der Waals surface area contributed by atoms with Crippen molar-refractivity contribution in [3.05, 3.63) is 83.5 Å². The molecule has 0 saturated carbocycles. The van der Waals surface area contributed by atoms with E-state index in [1.807, 2.05) is 24.3 Å². The number of nitrogens with zero attached hydrogens (tertiary/aromatic N) is 2. The number of fused-ring (bicyclic) bond motifs is 1. The van der Waals surface area contributed by atoms with Crippen LogP contribution in [0.1, 0.15) is 11.3 Å². The Morgan fingerprint density at radius 1 is 1.15 bits per heavy atom. The maximum atomic E-state index is 9.72. The highest BCUT2D eigenvalue weighted by molar-refractivity contribution is 6.61. The first-order chi connectivity index (χ1) is 13.2. The van der Waals surface area contributed by atoms with Gasteiger partial charge in [0.25, 0.3) is 0 Å². The number of ether oxygens (including phenoxy) is 2. The Hall–Kier alpha value is -3.34. The van der Waals surface area contributed by atoms with Crippen molar-refractivity contribution in [1.82, 2.24) is 4.98 Å². The van der Waals surface area contributed by atoms with Gasteiger partial charge in [-0.3, -0.25) is 4.98 Å². The molecule has 1 N–H and O–H groups in total. The van der Waals surface area contributed by atoms with E-state index in [9.17, 15) is 5.02 Å². The summed E-state index contributed by atoms with van der Waals surface area (Å²) in [6.45, 7) is 7.82. The molecule has 7 heteroatoms. The Kier molecular flexibility index (Phi) is 4.75. The lowest BCUT2D eigenvalue weighted by Crippen LogP contribution is -2.27. The van der Waals surface area contributed by atoms with Crippen LogP contribution in [0, 0.1) is 6.57 Å². The van der Waals surface area contributed by atoms with Gasteiger partial charge >= 0.3 is 7.12 Å². The maximum absolute atomic E-state index is 9.72. The molecule has 0 aliphatic carbocycles. The highest BCUT2D eigenvalue weighted by atomic mass is 16.5. The van der Waals surface area contributed by atoms with Crippen molar-refractivity contribution >= 4 is 18.3 Å². The third kappa shape index (κ3) is 3.77. The lowest BCUT2D eigenvalue weighted by Gasteiger charge is -2.13. The average Bonchev–Trinajstić information content (AvgIpc) is 3.08. The average molecular weight is 358 g/mol. The monoisotopic (exact) mass is 358 g/mol. The number of aromatic nitrogens is 1. The van der Waals surface area contributed by atoms with E-state index >= 15 is 0 Å². The van der Waals surface area contributed by atoms with E-state index in [1.165, 1.54) is 0 Å². The van der Waals surface area contributed by atoms with Crippen molar-refractivity contribution in [2.24, 2.45) is 0 Å². The van der Waals surface area contributed by atoms with Gasteiger partial charge in [0.1, 0.15) is 12.4 Å². The molecule has 0 bridgehead atoms. The van der Waals surface area contributed by atoms with Crippen LogP contribution in [0.25, 0.3) is 4.85 Å². The molecule has 0 spiro atoms. The van der Waals surface area contributed by atoms with Gasteiger partial charge in [0, 0.05) is 6.20 Å². The van der Waals surface area contributed by atoms with Crippen molar-refractivity contribution in [3.8, 4) is 17.2 Å². The molecular weight excluding hydrogens is 343 g/mol. The second-order valence-electron chi connectivity index (χ2n) is 5.98. The molecule has 27 heavy (non-hydrogen) atoms. The molecular formula is C20H15BN2O4. The van der Waals surface area contributed by atoms with Crippen LogP contribution in [0.2, 0.25) is 0 Å². The first kappa shape index (κ1) is 17.1. The van der Waals surface area contributed by atoms with Gasteiger partial charge in [0.2, 0.25) is 0 Å². The lowest BCUT2D eigenvalue weighted by molar-refractivity contribution is 0.275. The number of benzene rings is 2. The minimum absolute atomic E-state index is 0.267. The summed E-state index contributed by atoms with van der Waals surface area (Å²) in [6, 6.07) is 16.0. The molecule has 0 fully saturated rings. The van der Waals surface area contributed by atoms with Gasteiger partial charge in [0.05, 0.1) is 18.9 Å². The molecule has 0 amide bonds. The summed E-state index contributed by atoms with van der Waals surface area (Å²) in [5.74, 6) is 1.56. The molecule has 1 aliphatic heterocycles. The number of pyridine rings is 1. The molecule has 4 rings (SSSR count). The summed E-state index contributed by atoms with van der Waals surface area (Å²) in [5.41, 5.74) is 2.87. The standard InChI is InChI=1S/C20H15BN2O4/c1-22-15-5-8-19(20(11-15)25-13-16-4-2-3-9-23-16)27-17-6-7-18-14(10-17)12-26-21(18)24/h2-11,24H,12-13H2. The predicted octanol–water partition coefficient (Wildman–Crippen LogP) is 3.22. The smallest absolute Gasteiger partial charge is 0.485 e. The minimum atomic E-state index is -0.885. The van der Waals surface area contributed by atoms with Crippen molar-refractivity contribution in [1.29, 1.82) is 0 Å². The van der Waals surface area contributed by atoms with Crippen LogP contribution in [0.4, 0.5) is 5.69 Å². The van der Waals surface area contributed by atoms with E-state index in [-0.39, 0.29) is 6.61 Å². The van der Waals surface area contributed by atoms with Gasteiger partial charge in [-0.15, -0.1) is 0 Å². The highest BCUT2D eigenvalue weighted by Crippen LogP contribution is 2.35. The summed E-state index contributed by atoms with van der Waals surface area (Å²) in [7, 11) is -0.885. The number of hydrogen-bond donors (Lipinski definition) is 1. The Morgan fingerprint density at radius 2 is 2.07 bits per heavy atom. The third-order valence-electron chi connectivity index (χ3n) is 4.16. The fourth-order valence-electron chi connectivity index (χ4n) is 2.80. The van der Waals surface area contributed by atoms with Gasteiger partial charge in [-0.2, -0.15) is 0 Å². The zero-order valence-electron chi connectivity index (χ0n) is 14.3. The maximum Gasteiger partial charge on any atom is 0.491 e. The van der Waals surface area contributed by atoms with Crippen LogP contribution in [0.5, 0.6) is 17.2 Å². The SMILES string of the molecule is [C-]#[N+]c1ccc(Oc2ccc3c(c2)COB3O)c(OCc2ccccn2)c1. The zero-order chi connectivity index (χ0) is 18.6. The number of rotatable bonds is 5. The van der Waals surface area contributed by atoms with Crippen molar-refractivity contribution in [3.63, 3.8) is 0 Å². The second-order valence-corrected chi connectivity index (χ2v) is 5.98. The molecule has 2 aromatic carbocycles. The molecule has 132 valence electrons. The summed E-state index contributed by atoms with van der Waals surface area (Å²) in [5, 5.41) is 9.72. The van der Waals surface area contributed by atoms with E-state index in [0.29, 0.717) is 29.5 Å². The Morgan fingerprint density at radius 3 is 2.89 bits per heavy atom. The third-order valence-corrected chi connectivity index (χ3v) is 4.16. The number of hydrogen-bond acceptors (Lipinski definition) is 5. The van der Waals surface area contributed by atoms with Gasteiger partial charge in [0.15, 0.2) is 17.2 Å². The minimum Gasteiger partial charge on any atom is -0.485 e. The fourth-order valence-corrected chi connectivity index (χ4v) is 2.80. The zero-order valence-corrected chi connectivity index (χ0v) is 14.3. The molecule has 0 unspecified atom stereocenters. The van der Waals surface area contributed by atoms with E-state index in [4.69, 9.17) is 20.7 Å². The molecule has 2 heterocycles. The molecule has 0 atom stereocenters. The van der Waals surface area contributed by atoms with Crippen LogP contribution in [-0.2, 0) is 17.9 Å². The summed E-state index contributed by atoms with van der Waals surface area (Å²) in [4.78, 5) is 7.68. The van der Waals surface area contributed by atoms with Crippen LogP contribution in [0.15, 0.2) is 60.8 Å². The summed E-state index contributed by atoms with van der Waals surface area (Å²) >= 11 is 0. The predicted molar refractivity (Wildman–Crippen MR) is 100 cm³/mol. The van der Waals surface area contributed by atoms with E-state index in [1.54, 1.807) is 36.5 Å². The topological polar surface area (TPSA) is 65.2 Å². The van der Waals surface area contributed by atoms with Crippen LogP contribution < -0.4 is 14.9 Å².